The SMILES string of the molecule is CC(C)c1cc(C(=O)N2C[C@H]3CC[C@@H]2CN(c2cnccn2)C3)no1. The van der Waals surface area contributed by atoms with E-state index >= 15 is 0 Å². The summed E-state index contributed by atoms with van der Waals surface area (Å²) in [7, 11) is 0. The molecule has 7 nitrogen and oxygen atoms in total. The van der Waals surface area contributed by atoms with E-state index in [0.29, 0.717) is 11.6 Å². The van der Waals surface area contributed by atoms with Crippen molar-refractivity contribution < 1.29 is 9.32 Å². The first-order chi connectivity index (χ1) is 12.1. The fraction of sp³-hybridized carbons (Fsp3) is 0.556. The van der Waals surface area contributed by atoms with Gasteiger partial charge in [-0.1, -0.05) is 19.0 Å². The van der Waals surface area contributed by atoms with E-state index < -0.39 is 0 Å². The quantitative estimate of drug-likeness (QED) is 0.853. The van der Waals surface area contributed by atoms with E-state index in [4.69, 9.17) is 4.52 Å². The summed E-state index contributed by atoms with van der Waals surface area (Å²) in [4.78, 5) is 25.8. The number of hydrogen-bond donors (Lipinski definition) is 0. The third kappa shape index (κ3) is 3.10. The zero-order valence-electron chi connectivity index (χ0n) is 14.6. The second-order valence-corrected chi connectivity index (χ2v) is 7.29. The third-order valence-electron chi connectivity index (χ3n) is 5.16. The lowest BCUT2D eigenvalue weighted by Crippen LogP contribution is -2.47. The van der Waals surface area contributed by atoms with Crippen LogP contribution in [0.2, 0.25) is 0 Å². The van der Waals surface area contributed by atoms with Crippen molar-refractivity contribution in [2.24, 2.45) is 5.92 Å². The second kappa shape index (κ2) is 6.46. The summed E-state index contributed by atoms with van der Waals surface area (Å²) in [6.45, 7) is 6.53. The number of amides is 1. The minimum absolute atomic E-state index is 0.0219. The molecule has 2 aromatic rings. The Morgan fingerprint density at radius 1 is 1.24 bits per heavy atom. The molecule has 7 heteroatoms. The van der Waals surface area contributed by atoms with E-state index in [1.807, 2.05) is 18.7 Å². The van der Waals surface area contributed by atoms with Crippen LogP contribution in [0.5, 0.6) is 0 Å². The molecule has 25 heavy (non-hydrogen) atoms. The zero-order chi connectivity index (χ0) is 17.4. The minimum atomic E-state index is -0.0219. The molecule has 132 valence electrons. The van der Waals surface area contributed by atoms with Gasteiger partial charge in [-0.15, -0.1) is 0 Å². The van der Waals surface area contributed by atoms with Gasteiger partial charge in [0.1, 0.15) is 11.6 Å². The number of aromatic nitrogens is 3. The molecule has 0 saturated carbocycles. The molecule has 0 aliphatic carbocycles. The summed E-state index contributed by atoms with van der Waals surface area (Å²) in [6.07, 6.45) is 7.35. The number of carbonyl (C=O) groups excluding carboxylic acids is 1. The lowest BCUT2D eigenvalue weighted by atomic mass is 9.94. The number of fused-ring (bicyclic) bond motifs is 4. The number of piperidine rings is 1. The molecule has 0 aromatic carbocycles. The molecule has 3 aliphatic heterocycles. The van der Waals surface area contributed by atoms with E-state index in [2.05, 4.69) is 20.0 Å². The lowest BCUT2D eigenvalue weighted by molar-refractivity contribution is 0.0581. The normalized spacial score (nSPS) is 23.2. The molecule has 0 radical (unpaired) electrons. The van der Waals surface area contributed by atoms with E-state index in [9.17, 15) is 4.79 Å². The highest BCUT2D eigenvalue weighted by molar-refractivity contribution is 5.92. The van der Waals surface area contributed by atoms with Gasteiger partial charge in [0.15, 0.2) is 5.69 Å². The summed E-state index contributed by atoms with van der Waals surface area (Å²) < 4.78 is 5.31. The van der Waals surface area contributed by atoms with Crippen molar-refractivity contribution in [2.75, 3.05) is 24.5 Å². The summed E-state index contributed by atoms with van der Waals surface area (Å²) in [6, 6.07) is 1.96. The van der Waals surface area contributed by atoms with Gasteiger partial charge < -0.3 is 14.3 Å². The van der Waals surface area contributed by atoms with Crippen LogP contribution in [0, 0.1) is 5.92 Å². The zero-order valence-corrected chi connectivity index (χ0v) is 14.6. The van der Waals surface area contributed by atoms with Crippen molar-refractivity contribution in [3.63, 3.8) is 0 Å². The Morgan fingerprint density at radius 2 is 2.12 bits per heavy atom. The van der Waals surface area contributed by atoms with Crippen LogP contribution in [0.3, 0.4) is 0 Å². The molecule has 3 aliphatic rings. The third-order valence-corrected chi connectivity index (χ3v) is 5.16. The Hall–Kier alpha value is -2.44. The molecule has 5 rings (SSSR count). The summed E-state index contributed by atoms with van der Waals surface area (Å²) in [5, 5.41) is 4.00. The highest BCUT2D eigenvalue weighted by Gasteiger charge is 2.38. The smallest absolute Gasteiger partial charge is 0.276 e. The molecule has 1 amide bonds. The molecular weight excluding hydrogens is 318 g/mol. The van der Waals surface area contributed by atoms with Crippen LogP contribution >= 0.6 is 0 Å². The highest BCUT2D eigenvalue weighted by atomic mass is 16.5. The molecule has 0 spiro atoms. The van der Waals surface area contributed by atoms with E-state index in [-0.39, 0.29) is 17.9 Å². The lowest BCUT2D eigenvalue weighted by Gasteiger charge is -2.35. The number of nitrogens with zero attached hydrogens (tertiary/aromatic N) is 5. The predicted octanol–water partition coefficient (Wildman–Crippen LogP) is 2.33. The maximum atomic E-state index is 13.0. The van der Waals surface area contributed by atoms with E-state index in [0.717, 1.165) is 44.1 Å². The van der Waals surface area contributed by atoms with Crippen LogP contribution in [0.4, 0.5) is 5.82 Å². The molecule has 2 bridgehead atoms. The van der Waals surface area contributed by atoms with Crippen LogP contribution in [-0.4, -0.2) is 51.6 Å². The standard InChI is InChI=1S/C18H23N5O2/c1-12(2)16-7-15(21-25-16)18(24)23-10-13-3-4-14(23)11-22(9-13)17-8-19-5-6-20-17/h5-8,12-14H,3-4,9-11H2,1-2H3/t13-,14+/m0/s1. The van der Waals surface area contributed by atoms with Crippen LogP contribution in [0.15, 0.2) is 29.2 Å². The molecule has 0 unspecified atom stereocenters. The van der Waals surface area contributed by atoms with E-state index in [1.54, 1.807) is 24.7 Å². The predicted molar refractivity (Wildman–Crippen MR) is 92.4 cm³/mol. The maximum absolute atomic E-state index is 13.0. The van der Waals surface area contributed by atoms with Gasteiger partial charge in [0.2, 0.25) is 0 Å². The average molecular weight is 341 g/mol. The van der Waals surface area contributed by atoms with Gasteiger partial charge in [0.25, 0.3) is 5.91 Å². The molecule has 2 aromatic heterocycles. The summed E-state index contributed by atoms with van der Waals surface area (Å²) >= 11 is 0. The molecule has 5 heterocycles. The van der Waals surface area contributed by atoms with Crippen molar-refractivity contribution in [2.45, 2.75) is 38.6 Å². The van der Waals surface area contributed by atoms with Gasteiger partial charge in [-0.3, -0.25) is 9.78 Å². The van der Waals surface area contributed by atoms with Gasteiger partial charge >= 0.3 is 0 Å². The number of carbonyl (C=O) groups is 1. The minimum Gasteiger partial charge on any atom is -0.360 e. The van der Waals surface area contributed by atoms with Crippen molar-refractivity contribution in [3.05, 3.63) is 36.1 Å². The van der Waals surface area contributed by atoms with Gasteiger partial charge in [-0.25, -0.2) is 4.98 Å². The monoisotopic (exact) mass is 341 g/mol. The first kappa shape index (κ1) is 16.1. The molecule has 0 N–H and O–H groups in total. The number of anilines is 1. The van der Waals surface area contributed by atoms with Crippen LogP contribution in [0.1, 0.15) is 48.9 Å². The van der Waals surface area contributed by atoms with Gasteiger partial charge in [0, 0.05) is 50.1 Å². The Labute approximate surface area is 147 Å². The topological polar surface area (TPSA) is 75.4 Å². The largest absolute Gasteiger partial charge is 0.360 e. The molecule has 3 fully saturated rings. The fourth-order valence-corrected chi connectivity index (χ4v) is 3.78. The second-order valence-electron chi connectivity index (χ2n) is 7.29. The first-order valence-corrected chi connectivity index (χ1v) is 8.90. The Morgan fingerprint density at radius 3 is 2.84 bits per heavy atom. The molecule has 3 saturated heterocycles. The van der Waals surface area contributed by atoms with Crippen LogP contribution < -0.4 is 4.90 Å². The molecular formula is C18H23N5O2. The van der Waals surface area contributed by atoms with E-state index in [1.165, 1.54) is 0 Å². The number of hydrogen-bond acceptors (Lipinski definition) is 6. The Bertz CT molecular complexity index is 745. The van der Waals surface area contributed by atoms with Crippen molar-refractivity contribution in [1.29, 1.82) is 0 Å². The summed E-state index contributed by atoms with van der Waals surface area (Å²) in [5.41, 5.74) is 0.419. The maximum Gasteiger partial charge on any atom is 0.276 e. The van der Waals surface area contributed by atoms with Gasteiger partial charge in [-0.2, -0.15) is 0 Å². The van der Waals surface area contributed by atoms with Crippen LogP contribution in [0.25, 0.3) is 0 Å². The Balaban J connectivity index is 1.55. The average Bonchev–Trinajstić information content (AvgIpc) is 2.95. The Kier molecular flexibility index (Phi) is 4.15. The van der Waals surface area contributed by atoms with Crippen molar-refractivity contribution in [1.82, 2.24) is 20.0 Å². The fourth-order valence-electron chi connectivity index (χ4n) is 3.78. The first-order valence-electron chi connectivity index (χ1n) is 8.90. The van der Waals surface area contributed by atoms with Crippen molar-refractivity contribution in [3.8, 4) is 0 Å². The van der Waals surface area contributed by atoms with Gasteiger partial charge in [0.05, 0.1) is 6.20 Å². The van der Waals surface area contributed by atoms with Crippen LogP contribution in [-0.2, 0) is 0 Å². The molecule has 2 atom stereocenters. The summed E-state index contributed by atoms with van der Waals surface area (Å²) in [5.74, 6) is 2.29. The number of rotatable bonds is 3. The highest BCUT2D eigenvalue weighted by Crippen LogP contribution is 2.31. The van der Waals surface area contributed by atoms with Gasteiger partial charge in [-0.05, 0) is 18.8 Å². The van der Waals surface area contributed by atoms with Crippen molar-refractivity contribution >= 4 is 11.7 Å².